The molecule has 5 rings (SSSR count). The normalized spacial score (nSPS) is 11.3. The molecule has 0 saturated heterocycles. The molecule has 0 aliphatic heterocycles. The van der Waals surface area contributed by atoms with Gasteiger partial charge in [0.25, 0.3) is 5.91 Å². The lowest BCUT2D eigenvalue weighted by Gasteiger charge is -2.04. The Kier molecular flexibility index (Phi) is 4.92. The third kappa shape index (κ3) is 3.77. The van der Waals surface area contributed by atoms with Gasteiger partial charge in [-0.2, -0.15) is 5.10 Å². The minimum Gasteiger partial charge on any atom is -0.350 e. The molecule has 2 aromatic carbocycles. The highest BCUT2D eigenvalue weighted by molar-refractivity contribution is 6.04. The van der Waals surface area contributed by atoms with Gasteiger partial charge in [-0.1, -0.05) is 54.1 Å². The molecule has 3 heterocycles. The average Bonchev–Trinajstić information content (AvgIpc) is 3.37. The number of hydrogen-bond acceptors (Lipinski definition) is 4. The minimum absolute atomic E-state index is 0.187. The Bertz CT molecular complexity index is 1370. The summed E-state index contributed by atoms with van der Waals surface area (Å²) in [5, 5.41) is 16.8. The van der Waals surface area contributed by atoms with Crippen molar-refractivity contribution < 1.29 is 4.79 Å². The van der Waals surface area contributed by atoms with Gasteiger partial charge in [0, 0.05) is 24.5 Å². The maximum absolute atomic E-state index is 12.9. The molecule has 7 nitrogen and oxygen atoms in total. The molecular formula is C24H22N6O. The molecule has 3 aromatic heterocycles. The van der Waals surface area contributed by atoms with Crippen LogP contribution in [0.25, 0.3) is 16.6 Å². The van der Waals surface area contributed by atoms with Crippen LogP contribution < -0.4 is 5.32 Å². The number of pyridine rings is 1. The zero-order valence-corrected chi connectivity index (χ0v) is 17.2. The molecule has 1 N–H and O–H groups in total. The SMILES string of the molecule is Cc1ccc(Cn2nc(C(=O)NCCc3nnc4ccccn34)c3ccccc32)cc1. The van der Waals surface area contributed by atoms with E-state index in [0.29, 0.717) is 25.2 Å². The molecule has 5 aromatic rings. The van der Waals surface area contributed by atoms with Crippen LogP contribution in [0.1, 0.15) is 27.4 Å². The summed E-state index contributed by atoms with van der Waals surface area (Å²) < 4.78 is 3.82. The highest BCUT2D eigenvalue weighted by atomic mass is 16.1. The van der Waals surface area contributed by atoms with Crippen LogP contribution in [-0.4, -0.2) is 36.8 Å². The first-order chi connectivity index (χ1) is 15.2. The lowest BCUT2D eigenvalue weighted by Crippen LogP contribution is -2.27. The van der Waals surface area contributed by atoms with E-state index in [4.69, 9.17) is 0 Å². The number of benzene rings is 2. The van der Waals surface area contributed by atoms with Crippen molar-refractivity contribution >= 4 is 22.5 Å². The van der Waals surface area contributed by atoms with E-state index in [-0.39, 0.29) is 5.91 Å². The molecule has 0 aliphatic rings. The van der Waals surface area contributed by atoms with Gasteiger partial charge < -0.3 is 5.32 Å². The summed E-state index contributed by atoms with van der Waals surface area (Å²) in [7, 11) is 0. The van der Waals surface area contributed by atoms with E-state index in [2.05, 4.69) is 51.8 Å². The first kappa shape index (κ1) is 19.0. The standard InChI is InChI=1S/C24H22N6O/c1-17-9-11-18(12-10-17)16-30-20-7-3-2-6-19(20)23(28-30)24(31)25-14-13-22-27-26-21-8-4-5-15-29(21)22/h2-12,15H,13-14,16H2,1H3,(H,25,31). The average molecular weight is 410 g/mol. The number of amides is 1. The van der Waals surface area contributed by atoms with E-state index >= 15 is 0 Å². The van der Waals surface area contributed by atoms with Gasteiger partial charge in [0.05, 0.1) is 12.1 Å². The van der Waals surface area contributed by atoms with Gasteiger partial charge >= 0.3 is 0 Å². The number of nitrogens with one attached hydrogen (secondary N) is 1. The van der Waals surface area contributed by atoms with Crippen LogP contribution in [0, 0.1) is 6.92 Å². The van der Waals surface area contributed by atoms with Crippen LogP contribution >= 0.6 is 0 Å². The summed E-state index contributed by atoms with van der Waals surface area (Å²) in [6.45, 7) is 3.13. The number of rotatable bonds is 6. The molecule has 154 valence electrons. The second-order valence-corrected chi connectivity index (χ2v) is 7.56. The monoisotopic (exact) mass is 410 g/mol. The van der Waals surface area contributed by atoms with Crippen molar-refractivity contribution in [3.63, 3.8) is 0 Å². The van der Waals surface area contributed by atoms with Crippen molar-refractivity contribution in [2.24, 2.45) is 0 Å². The van der Waals surface area contributed by atoms with E-state index in [1.54, 1.807) is 0 Å². The van der Waals surface area contributed by atoms with Crippen molar-refractivity contribution in [3.8, 4) is 0 Å². The first-order valence-corrected chi connectivity index (χ1v) is 10.3. The van der Waals surface area contributed by atoms with Crippen molar-refractivity contribution in [3.05, 3.63) is 95.6 Å². The van der Waals surface area contributed by atoms with Crippen LogP contribution in [0.4, 0.5) is 0 Å². The maximum Gasteiger partial charge on any atom is 0.272 e. The summed E-state index contributed by atoms with van der Waals surface area (Å²) in [5.74, 6) is 0.623. The number of carbonyl (C=O) groups is 1. The van der Waals surface area contributed by atoms with Gasteiger partial charge in [0.2, 0.25) is 0 Å². The fraction of sp³-hybridized carbons (Fsp3) is 0.167. The number of nitrogens with zero attached hydrogens (tertiary/aromatic N) is 5. The maximum atomic E-state index is 12.9. The molecule has 31 heavy (non-hydrogen) atoms. The zero-order valence-electron chi connectivity index (χ0n) is 17.2. The Balaban J connectivity index is 1.34. The highest BCUT2D eigenvalue weighted by Crippen LogP contribution is 2.20. The molecule has 0 spiro atoms. The number of aryl methyl sites for hydroxylation is 1. The van der Waals surface area contributed by atoms with Gasteiger partial charge in [-0.05, 0) is 30.7 Å². The van der Waals surface area contributed by atoms with Crippen LogP contribution in [0.5, 0.6) is 0 Å². The summed E-state index contributed by atoms with van der Waals surface area (Å²) >= 11 is 0. The molecule has 0 fully saturated rings. The van der Waals surface area contributed by atoms with Gasteiger partial charge in [-0.15, -0.1) is 10.2 Å². The van der Waals surface area contributed by atoms with Gasteiger partial charge in [-0.25, -0.2) is 0 Å². The lowest BCUT2D eigenvalue weighted by molar-refractivity contribution is 0.0949. The third-order valence-electron chi connectivity index (χ3n) is 5.34. The predicted octanol–water partition coefficient (Wildman–Crippen LogP) is 3.41. The second-order valence-electron chi connectivity index (χ2n) is 7.56. The zero-order chi connectivity index (χ0) is 21.2. The Morgan fingerprint density at radius 2 is 1.77 bits per heavy atom. The van der Waals surface area contributed by atoms with E-state index in [0.717, 1.165) is 27.9 Å². The molecular weight excluding hydrogens is 388 g/mol. The number of carbonyl (C=O) groups excluding carboxylic acids is 1. The fourth-order valence-corrected chi connectivity index (χ4v) is 3.72. The minimum atomic E-state index is -0.187. The van der Waals surface area contributed by atoms with Crippen LogP contribution in [0.2, 0.25) is 0 Å². The number of fused-ring (bicyclic) bond motifs is 2. The Hall–Kier alpha value is -4.00. The molecule has 0 bridgehead atoms. The molecule has 0 unspecified atom stereocenters. The van der Waals surface area contributed by atoms with E-state index < -0.39 is 0 Å². The number of hydrogen-bond donors (Lipinski definition) is 1. The lowest BCUT2D eigenvalue weighted by atomic mass is 10.1. The topological polar surface area (TPSA) is 77.1 Å². The smallest absolute Gasteiger partial charge is 0.272 e. The molecule has 0 atom stereocenters. The molecule has 1 amide bonds. The summed E-state index contributed by atoms with van der Waals surface area (Å²) in [6, 6.07) is 22.0. The van der Waals surface area contributed by atoms with Crippen LogP contribution in [0.15, 0.2) is 72.9 Å². The van der Waals surface area contributed by atoms with E-state index in [9.17, 15) is 4.79 Å². The summed E-state index contributed by atoms with van der Waals surface area (Å²) in [6.07, 6.45) is 2.51. The van der Waals surface area contributed by atoms with Gasteiger partial charge in [0.15, 0.2) is 11.3 Å². The molecule has 0 radical (unpaired) electrons. The van der Waals surface area contributed by atoms with Crippen LogP contribution in [0.3, 0.4) is 0 Å². The first-order valence-electron chi connectivity index (χ1n) is 10.3. The van der Waals surface area contributed by atoms with Crippen molar-refractivity contribution in [1.82, 2.24) is 29.7 Å². The van der Waals surface area contributed by atoms with E-state index in [1.165, 1.54) is 5.56 Å². The number of aromatic nitrogens is 5. The molecule has 0 aliphatic carbocycles. The second kappa shape index (κ2) is 8.02. The van der Waals surface area contributed by atoms with Gasteiger partial charge in [-0.3, -0.25) is 13.9 Å². The largest absolute Gasteiger partial charge is 0.350 e. The predicted molar refractivity (Wildman–Crippen MR) is 119 cm³/mol. The van der Waals surface area contributed by atoms with Gasteiger partial charge in [0.1, 0.15) is 5.82 Å². The van der Waals surface area contributed by atoms with Crippen LogP contribution in [-0.2, 0) is 13.0 Å². The molecule has 7 heteroatoms. The molecule has 0 saturated carbocycles. The number of para-hydroxylation sites is 1. The Labute approximate surface area is 179 Å². The highest BCUT2D eigenvalue weighted by Gasteiger charge is 2.17. The summed E-state index contributed by atoms with van der Waals surface area (Å²) in [4.78, 5) is 12.9. The van der Waals surface area contributed by atoms with Crippen molar-refractivity contribution in [2.45, 2.75) is 19.9 Å². The Morgan fingerprint density at radius 3 is 2.65 bits per heavy atom. The third-order valence-corrected chi connectivity index (χ3v) is 5.34. The summed E-state index contributed by atoms with van der Waals surface area (Å²) in [5.41, 5.74) is 4.54. The van der Waals surface area contributed by atoms with E-state index in [1.807, 2.05) is 57.7 Å². The quantitative estimate of drug-likeness (QED) is 0.465. The fourth-order valence-electron chi connectivity index (χ4n) is 3.72. The Morgan fingerprint density at radius 1 is 0.968 bits per heavy atom. The van der Waals surface area contributed by atoms with Crippen molar-refractivity contribution in [2.75, 3.05) is 6.54 Å². The van der Waals surface area contributed by atoms with Crippen molar-refractivity contribution in [1.29, 1.82) is 0 Å².